The minimum atomic E-state index is -0.164. The van der Waals surface area contributed by atoms with Gasteiger partial charge in [-0.3, -0.25) is 9.59 Å². The van der Waals surface area contributed by atoms with Crippen LogP contribution in [0.5, 0.6) is 0 Å². The fraction of sp³-hybridized carbons (Fsp3) is 0.875. The first kappa shape index (κ1) is 13.9. The molecule has 0 aromatic heterocycles. The zero-order valence-corrected chi connectivity index (χ0v) is 12.3. The number of likely N-dealkylation sites (tertiary alicyclic amines) is 1. The minimum absolute atomic E-state index is 0.113. The molecular formula is C16H25NO3. The predicted molar refractivity (Wildman–Crippen MR) is 74.9 cm³/mol. The van der Waals surface area contributed by atoms with E-state index in [4.69, 9.17) is 4.74 Å². The van der Waals surface area contributed by atoms with Gasteiger partial charge in [0.15, 0.2) is 0 Å². The average molecular weight is 279 g/mol. The third-order valence-electron chi connectivity index (χ3n) is 5.63. The smallest absolute Gasteiger partial charge is 0.310 e. The molecule has 1 saturated heterocycles. The van der Waals surface area contributed by atoms with Gasteiger partial charge in [0.1, 0.15) is 0 Å². The lowest BCUT2D eigenvalue weighted by atomic mass is 9.86. The first-order chi connectivity index (χ1) is 9.67. The number of methoxy groups -OCH3 is 1. The van der Waals surface area contributed by atoms with Crippen molar-refractivity contribution in [2.45, 2.75) is 44.9 Å². The van der Waals surface area contributed by atoms with Crippen molar-refractivity contribution < 1.29 is 14.3 Å². The maximum absolute atomic E-state index is 12.5. The van der Waals surface area contributed by atoms with E-state index in [0.717, 1.165) is 31.2 Å². The van der Waals surface area contributed by atoms with Crippen LogP contribution < -0.4 is 0 Å². The van der Waals surface area contributed by atoms with E-state index in [1.807, 2.05) is 4.90 Å². The van der Waals surface area contributed by atoms with Gasteiger partial charge in [0, 0.05) is 19.5 Å². The molecule has 0 spiro atoms. The molecule has 4 atom stereocenters. The van der Waals surface area contributed by atoms with Crippen molar-refractivity contribution >= 4 is 11.9 Å². The molecule has 0 N–H and O–H groups in total. The Morgan fingerprint density at radius 1 is 1.20 bits per heavy atom. The summed E-state index contributed by atoms with van der Waals surface area (Å²) in [4.78, 5) is 26.0. The molecule has 0 radical (unpaired) electrons. The Morgan fingerprint density at radius 3 is 2.70 bits per heavy atom. The van der Waals surface area contributed by atoms with Crippen molar-refractivity contribution in [3.63, 3.8) is 0 Å². The normalized spacial score (nSPS) is 36.1. The average Bonchev–Trinajstić information content (AvgIpc) is 3.09. The maximum atomic E-state index is 12.5. The number of ether oxygens (including phenoxy) is 1. The molecule has 112 valence electrons. The van der Waals surface area contributed by atoms with Crippen molar-refractivity contribution in [2.75, 3.05) is 20.2 Å². The summed E-state index contributed by atoms with van der Waals surface area (Å²) in [7, 11) is 1.43. The number of carbonyl (C=O) groups is 2. The van der Waals surface area contributed by atoms with Crippen LogP contribution in [0, 0.1) is 23.7 Å². The molecule has 3 aliphatic rings. The quantitative estimate of drug-likeness (QED) is 0.744. The minimum Gasteiger partial charge on any atom is -0.469 e. The van der Waals surface area contributed by atoms with E-state index in [1.54, 1.807) is 0 Å². The van der Waals surface area contributed by atoms with Crippen LogP contribution >= 0.6 is 0 Å². The second-order valence-electron chi connectivity index (χ2n) is 6.84. The lowest BCUT2D eigenvalue weighted by molar-refractivity contribution is -0.149. The predicted octanol–water partition coefficient (Wildman–Crippen LogP) is 2.22. The molecule has 0 aromatic carbocycles. The third kappa shape index (κ3) is 2.70. The Morgan fingerprint density at radius 2 is 2.05 bits per heavy atom. The highest BCUT2D eigenvalue weighted by atomic mass is 16.5. The van der Waals surface area contributed by atoms with Gasteiger partial charge in [-0.25, -0.2) is 0 Å². The van der Waals surface area contributed by atoms with Gasteiger partial charge in [-0.2, -0.15) is 0 Å². The molecule has 3 fully saturated rings. The number of hydrogen-bond donors (Lipinski definition) is 0. The summed E-state index contributed by atoms with van der Waals surface area (Å²) < 4.78 is 4.81. The van der Waals surface area contributed by atoms with Gasteiger partial charge in [-0.1, -0.05) is 6.42 Å². The van der Waals surface area contributed by atoms with E-state index < -0.39 is 0 Å². The van der Waals surface area contributed by atoms with Crippen LogP contribution in [0.2, 0.25) is 0 Å². The molecule has 1 heterocycles. The monoisotopic (exact) mass is 279 g/mol. The molecule has 2 saturated carbocycles. The van der Waals surface area contributed by atoms with Gasteiger partial charge in [0.25, 0.3) is 0 Å². The lowest BCUT2D eigenvalue weighted by Gasteiger charge is -2.33. The second-order valence-corrected chi connectivity index (χ2v) is 6.84. The summed E-state index contributed by atoms with van der Waals surface area (Å²) in [6.45, 7) is 1.37. The summed E-state index contributed by atoms with van der Waals surface area (Å²) in [5.74, 6) is 2.28. The molecule has 4 heteroatoms. The van der Waals surface area contributed by atoms with Gasteiger partial charge >= 0.3 is 5.97 Å². The molecule has 2 bridgehead atoms. The topological polar surface area (TPSA) is 46.6 Å². The SMILES string of the molecule is COC(=O)C1CCCN(C(=O)CC2CC3CCC2C3)C1. The molecule has 4 nitrogen and oxygen atoms in total. The first-order valence-corrected chi connectivity index (χ1v) is 8.03. The molecule has 1 aliphatic heterocycles. The summed E-state index contributed by atoms with van der Waals surface area (Å²) >= 11 is 0. The Hall–Kier alpha value is -1.06. The lowest BCUT2D eigenvalue weighted by Crippen LogP contribution is -2.43. The summed E-state index contributed by atoms with van der Waals surface area (Å²) in [5.41, 5.74) is 0. The molecule has 1 amide bonds. The number of nitrogens with zero attached hydrogens (tertiary/aromatic N) is 1. The standard InChI is InChI=1S/C16H25NO3/c1-20-16(19)13-3-2-6-17(10-13)15(18)9-14-8-11-4-5-12(14)7-11/h11-14H,2-10H2,1H3. The molecule has 4 unspecified atom stereocenters. The number of fused-ring (bicyclic) bond motifs is 2. The third-order valence-corrected chi connectivity index (χ3v) is 5.63. The molecule has 2 aliphatic carbocycles. The van der Waals surface area contributed by atoms with Crippen LogP contribution in [-0.4, -0.2) is 37.0 Å². The van der Waals surface area contributed by atoms with Crippen LogP contribution in [0.1, 0.15) is 44.9 Å². The molecule has 20 heavy (non-hydrogen) atoms. The van der Waals surface area contributed by atoms with Gasteiger partial charge in [0.2, 0.25) is 5.91 Å². The number of carbonyl (C=O) groups excluding carboxylic acids is 2. The van der Waals surface area contributed by atoms with E-state index in [2.05, 4.69) is 0 Å². The van der Waals surface area contributed by atoms with E-state index in [1.165, 1.54) is 32.8 Å². The van der Waals surface area contributed by atoms with Gasteiger partial charge in [0.05, 0.1) is 13.0 Å². The van der Waals surface area contributed by atoms with Crippen molar-refractivity contribution in [3.8, 4) is 0 Å². The van der Waals surface area contributed by atoms with Crippen LogP contribution in [0.3, 0.4) is 0 Å². The first-order valence-electron chi connectivity index (χ1n) is 8.03. The van der Waals surface area contributed by atoms with E-state index in [0.29, 0.717) is 18.9 Å². The Labute approximate surface area is 120 Å². The van der Waals surface area contributed by atoms with Gasteiger partial charge in [-0.05, 0) is 49.9 Å². The van der Waals surface area contributed by atoms with Crippen LogP contribution in [0.4, 0.5) is 0 Å². The number of rotatable bonds is 3. The van der Waals surface area contributed by atoms with Crippen LogP contribution in [-0.2, 0) is 14.3 Å². The summed E-state index contributed by atoms with van der Waals surface area (Å²) in [6, 6.07) is 0. The maximum Gasteiger partial charge on any atom is 0.310 e. The molecule has 0 aromatic rings. The van der Waals surface area contributed by atoms with E-state index >= 15 is 0 Å². The largest absolute Gasteiger partial charge is 0.469 e. The van der Waals surface area contributed by atoms with Crippen molar-refractivity contribution in [1.82, 2.24) is 4.90 Å². The highest BCUT2D eigenvalue weighted by Crippen LogP contribution is 2.49. The van der Waals surface area contributed by atoms with E-state index in [9.17, 15) is 9.59 Å². The van der Waals surface area contributed by atoms with Crippen molar-refractivity contribution in [3.05, 3.63) is 0 Å². The summed E-state index contributed by atoms with van der Waals surface area (Å²) in [6.07, 6.45) is 7.78. The number of piperidine rings is 1. The Kier molecular flexibility index (Phi) is 3.99. The second kappa shape index (κ2) is 5.74. The van der Waals surface area contributed by atoms with Crippen molar-refractivity contribution in [1.29, 1.82) is 0 Å². The summed E-state index contributed by atoms with van der Waals surface area (Å²) in [5, 5.41) is 0. The zero-order valence-electron chi connectivity index (χ0n) is 12.3. The Balaban J connectivity index is 1.53. The highest BCUT2D eigenvalue weighted by Gasteiger charge is 2.41. The Bertz CT molecular complexity index is 395. The van der Waals surface area contributed by atoms with Gasteiger partial charge < -0.3 is 9.64 Å². The van der Waals surface area contributed by atoms with Crippen LogP contribution in [0.15, 0.2) is 0 Å². The van der Waals surface area contributed by atoms with Gasteiger partial charge in [-0.15, -0.1) is 0 Å². The molecular weight excluding hydrogens is 254 g/mol. The zero-order chi connectivity index (χ0) is 14.1. The van der Waals surface area contributed by atoms with E-state index in [-0.39, 0.29) is 17.8 Å². The number of amides is 1. The van der Waals surface area contributed by atoms with Crippen LogP contribution in [0.25, 0.3) is 0 Å². The fourth-order valence-electron chi connectivity index (χ4n) is 4.54. The highest BCUT2D eigenvalue weighted by molar-refractivity contribution is 5.78. The fourth-order valence-corrected chi connectivity index (χ4v) is 4.54. The molecule has 3 rings (SSSR count). The number of hydrogen-bond acceptors (Lipinski definition) is 3. The number of esters is 1. The van der Waals surface area contributed by atoms with Crippen molar-refractivity contribution in [2.24, 2.45) is 23.7 Å².